The summed E-state index contributed by atoms with van der Waals surface area (Å²) in [6, 6.07) is 0. The molecule has 2 aliphatic rings. The molecule has 0 N–H and O–H groups in total. The lowest BCUT2D eigenvalue weighted by atomic mass is 9.65. The Bertz CT molecular complexity index is 438. The summed E-state index contributed by atoms with van der Waals surface area (Å²) in [6.07, 6.45) is 26.7. The second-order valence-electron chi connectivity index (χ2n) is 14.1. The Morgan fingerprint density at radius 3 is 1.24 bits per heavy atom. The van der Waals surface area contributed by atoms with Gasteiger partial charge in [0.25, 0.3) is 0 Å². The summed E-state index contributed by atoms with van der Waals surface area (Å²) >= 11 is 2.23. The van der Waals surface area contributed by atoms with Gasteiger partial charge in [0.2, 0.25) is 0 Å². The van der Waals surface area contributed by atoms with Gasteiger partial charge in [0.15, 0.2) is 0 Å². The second-order valence-corrected chi connectivity index (χ2v) is 15.3. The summed E-state index contributed by atoms with van der Waals surface area (Å²) in [7, 11) is 0. The standard InChI is InChI=1S/C32H62S/c1-31(2,3)29-23-15-13-21-27(29)19-11-7-9-17-25-33-26-18-10-8-12-20-28-22-14-16-24-30(28)32(4,5)6/h27-30H,7-26H2,1-6H3. The maximum Gasteiger partial charge on any atom is -0.00675 e. The van der Waals surface area contributed by atoms with Crippen LogP contribution in [0.2, 0.25) is 0 Å². The van der Waals surface area contributed by atoms with Crippen molar-refractivity contribution in [2.24, 2.45) is 34.5 Å². The minimum absolute atomic E-state index is 0.520. The van der Waals surface area contributed by atoms with Crippen LogP contribution in [0.15, 0.2) is 0 Å². The Kier molecular flexibility index (Phi) is 13.9. The quantitative estimate of drug-likeness (QED) is 0.224. The molecular formula is C32H62S. The van der Waals surface area contributed by atoms with Crippen molar-refractivity contribution in [1.82, 2.24) is 0 Å². The summed E-state index contributed by atoms with van der Waals surface area (Å²) in [6.45, 7) is 14.9. The lowest BCUT2D eigenvalue weighted by Gasteiger charge is -2.40. The van der Waals surface area contributed by atoms with Gasteiger partial charge in [-0.1, -0.05) is 131 Å². The molecule has 2 saturated carbocycles. The molecule has 2 fully saturated rings. The minimum Gasteiger partial charge on any atom is -0.162 e. The Labute approximate surface area is 214 Å². The molecule has 0 nitrogen and oxygen atoms in total. The lowest BCUT2D eigenvalue weighted by Crippen LogP contribution is -2.31. The van der Waals surface area contributed by atoms with Crippen LogP contribution in [0, 0.1) is 34.5 Å². The van der Waals surface area contributed by atoms with E-state index in [4.69, 9.17) is 0 Å². The number of hydrogen-bond acceptors (Lipinski definition) is 1. The van der Waals surface area contributed by atoms with E-state index in [1.165, 1.54) is 127 Å². The third-order valence-corrected chi connectivity index (χ3v) is 10.4. The summed E-state index contributed by atoms with van der Waals surface area (Å²) in [5, 5.41) is 0. The highest BCUT2D eigenvalue weighted by Crippen LogP contribution is 2.45. The molecule has 0 amide bonds. The average molecular weight is 479 g/mol. The van der Waals surface area contributed by atoms with Gasteiger partial charge >= 0.3 is 0 Å². The predicted molar refractivity (Wildman–Crippen MR) is 153 cm³/mol. The molecule has 4 unspecified atom stereocenters. The maximum atomic E-state index is 2.48. The topological polar surface area (TPSA) is 0 Å². The van der Waals surface area contributed by atoms with Crippen LogP contribution in [0.3, 0.4) is 0 Å². The van der Waals surface area contributed by atoms with Gasteiger partial charge in [-0.15, -0.1) is 0 Å². The van der Waals surface area contributed by atoms with Crippen molar-refractivity contribution in [1.29, 1.82) is 0 Å². The van der Waals surface area contributed by atoms with E-state index in [-0.39, 0.29) is 0 Å². The van der Waals surface area contributed by atoms with Gasteiger partial charge in [0.1, 0.15) is 0 Å². The van der Waals surface area contributed by atoms with Crippen molar-refractivity contribution in [2.75, 3.05) is 11.5 Å². The normalized spacial score (nSPS) is 27.1. The SMILES string of the molecule is CC(C)(C)C1CCCCC1CCCCCCSCCCCCCC1CCCCC1C(C)(C)C. The van der Waals surface area contributed by atoms with Crippen LogP contribution >= 0.6 is 11.8 Å². The highest BCUT2D eigenvalue weighted by atomic mass is 32.2. The Morgan fingerprint density at radius 2 is 0.848 bits per heavy atom. The smallest absolute Gasteiger partial charge is 0.00675 e. The third-order valence-electron chi connectivity index (χ3n) is 9.27. The Morgan fingerprint density at radius 1 is 0.485 bits per heavy atom. The highest BCUT2D eigenvalue weighted by Gasteiger charge is 2.34. The second kappa shape index (κ2) is 15.5. The first-order valence-corrected chi connectivity index (χ1v) is 16.4. The average Bonchev–Trinajstić information content (AvgIpc) is 2.76. The fourth-order valence-electron chi connectivity index (χ4n) is 7.42. The van der Waals surface area contributed by atoms with Crippen LogP contribution in [0.4, 0.5) is 0 Å². The molecule has 0 radical (unpaired) electrons. The predicted octanol–water partition coefficient (Wildman–Crippen LogP) is 11.3. The number of thioether (sulfide) groups is 1. The van der Waals surface area contributed by atoms with Crippen LogP contribution in [-0.2, 0) is 0 Å². The van der Waals surface area contributed by atoms with Crippen LogP contribution in [-0.4, -0.2) is 11.5 Å². The molecule has 33 heavy (non-hydrogen) atoms. The molecule has 0 aromatic heterocycles. The van der Waals surface area contributed by atoms with E-state index in [1.54, 1.807) is 0 Å². The molecule has 0 spiro atoms. The molecule has 2 aliphatic carbocycles. The monoisotopic (exact) mass is 478 g/mol. The van der Waals surface area contributed by atoms with E-state index in [0.29, 0.717) is 10.8 Å². The third kappa shape index (κ3) is 11.8. The zero-order valence-electron chi connectivity index (χ0n) is 23.9. The van der Waals surface area contributed by atoms with E-state index in [1.807, 2.05) is 0 Å². The molecule has 0 bridgehead atoms. The molecule has 4 atom stereocenters. The summed E-state index contributed by atoms with van der Waals surface area (Å²) in [4.78, 5) is 0. The highest BCUT2D eigenvalue weighted by molar-refractivity contribution is 7.99. The van der Waals surface area contributed by atoms with Gasteiger partial charge in [-0.25, -0.2) is 0 Å². The molecular weight excluding hydrogens is 416 g/mol. The molecule has 0 aromatic carbocycles. The van der Waals surface area contributed by atoms with E-state index >= 15 is 0 Å². The van der Waals surface area contributed by atoms with Crippen molar-refractivity contribution in [3.05, 3.63) is 0 Å². The van der Waals surface area contributed by atoms with Gasteiger partial charge in [-0.05, 0) is 71.7 Å². The van der Waals surface area contributed by atoms with Gasteiger partial charge in [-0.3, -0.25) is 0 Å². The van der Waals surface area contributed by atoms with Crippen LogP contribution in [0.25, 0.3) is 0 Å². The van der Waals surface area contributed by atoms with Crippen LogP contribution < -0.4 is 0 Å². The number of rotatable bonds is 14. The van der Waals surface area contributed by atoms with Crippen LogP contribution in [0.1, 0.15) is 157 Å². The first-order chi connectivity index (χ1) is 15.7. The summed E-state index contributed by atoms with van der Waals surface area (Å²) in [5.41, 5.74) is 1.04. The van der Waals surface area contributed by atoms with Crippen molar-refractivity contribution in [2.45, 2.75) is 157 Å². The molecule has 196 valence electrons. The van der Waals surface area contributed by atoms with E-state index < -0.39 is 0 Å². The molecule has 0 aliphatic heterocycles. The number of unbranched alkanes of at least 4 members (excludes halogenated alkanes) is 6. The van der Waals surface area contributed by atoms with E-state index in [0.717, 1.165) is 23.7 Å². The van der Waals surface area contributed by atoms with Gasteiger partial charge in [0.05, 0.1) is 0 Å². The minimum atomic E-state index is 0.520. The fourth-order valence-corrected chi connectivity index (χ4v) is 8.44. The van der Waals surface area contributed by atoms with Crippen molar-refractivity contribution < 1.29 is 0 Å². The van der Waals surface area contributed by atoms with Crippen molar-refractivity contribution in [3.63, 3.8) is 0 Å². The van der Waals surface area contributed by atoms with E-state index in [2.05, 4.69) is 53.3 Å². The molecule has 0 heterocycles. The van der Waals surface area contributed by atoms with Gasteiger partial charge in [-0.2, -0.15) is 11.8 Å². The first kappa shape index (κ1) is 29.6. The molecule has 0 aromatic rings. The fraction of sp³-hybridized carbons (Fsp3) is 1.00. The molecule has 0 saturated heterocycles. The lowest BCUT2D eigenvalue weighted by molar-refractivity contribution is 0.0994. The Hall–Kier alpha value is 0.350. The van der Waals surface area contributed by atoms with Crippen molar-refractivity contribution in [3.8, 4) is 0 Å². The first-order valence-electron chi connectivity index (χ1n) is 15.3. The maximum absolute atomic E-state index is 2.48. The van der Waals surface area contributed by atoms with Crippen LogP contribution in [0.5, 0.6) is 0 Å². The summed E-state index contributed by atoms with van der Waals surface area (Å²) in [5.74, 6) is 6.80. The zero-order valence-corrected chi connectivity index (χ0v) is 24.7. The van der Waals surface area contributed by atoms with Crippen molar-refractivity contribution >= 4 is 11.8 Å². The molecule has 1 heteroatoms. The summed E-state index contributed by atoms with van der Waals surface area (Å²) < 4.78 is 0. The zero-order chi connectivity index (χ0) is 24.2. The van der Waals surface area contributed by atoms with Gasteiger partial charge in [0, 0.05) is 0 Å². The number of hydrogen-bond donors (Lipinski definition) is 0. The Balaban J connectivity index is 1.39. The molecule has 2 rings (SSSR count). The largest absolute Gasteiger partial charge is 0.162 e. The van der Waals surface area contributed by atoms with Gasteiger partial charge < -0.3 is 0 Å². The van der Waals surface area contributed by atoms with E-state index in [9.17, 15) is 0 Å².